The maximum atomic E-state index is 12.2. The molecule has 0 fully saturated rings. The summed E-state index contributed by atoms with van der Waals surface area (Å²) >= 11 is 0. The summed E-state index contributed by atoms with van der Waals surface area (Å²) in [5, 5.41) is 2.82. The monoisotopic (exact) mass is 351 g/mol. The molecule has 0 spiro atoms. The highest BCUT2D eigenvalue weighted by Crippen LogP contribution is 2.17. The van der Waals surface area contributed by atoms with Gasteiger partial charge in [-0.25, -0.2) is 0 Å². The van der Waals surface area contributed by atoms with Crippen molar-refractivity contribution in [3.8, 4) is 5.75 Å². The van der Waals surface area contributed by atoms with Crippen LogP contribution >= 0.6 is 24.8 Å². The molecule has 0 unspecified atom stereocenters. The lowest BCUT2D eigenvalue weighted by Crippen LogP contribution is -2.45. The molecule has 0 saturated heterocycles. The molecule has 0 aromatic heterocycles. The average molecular weight is 352 g/mol. The predicted molar refractivity (Wildman–Crippen MR) is 95.6 cm³/mol. The maximum absolute atomic E-state index is 12.2. The molecule has 7 heteroatoms. The van der Waals surface area contributed by atoms with Crippen molar-refractivity contribution in [2.75, 3.05) is 33.8 Å². The van der Waals surface area contributed by atoms with Crippen LogP contribution in [0.25, 0.3) is 0 Å². The Balaban J connectivity index is 0. The smallest absolute Gasteiger partial charge is 0.255 e. The fourth-order valence-corrected chi connectivity index (χ4v) is 1.52. The van der Waals surface area contributed by atoms with Crippen LogP contribution in [0.4, 0.5) is 0 Å². The number of nitrogens with one attached hydrogen (secondary N) is 1. The summed E-state index contributed by atoms with van der Waals surface area (Å²) in [4.78, 5) is 14.2. The van der Waals surface area contributed by atoms with Gasteiger partial charge in [-0.2, -0.15) is 0 Å². The van der Waals surface area contributed by atoms with Crippen molar-refractivity contribution in [2.24, 2.45) is 5.73 Å². The summed E-state index contributed by atoms with van der Waals surface area (Å²) in [6.45, 7) is 5.49. The molecule has 1 rings (SSSR count). The lowest BCUT2D eigenvalue weighted by atomic mass is 10.1. The summed E-state index contributed by atoms with van der Waals surface area (Å²) in [6.07, 6.45) is 0. The number of rotatable bonds is 7. The molecule has 128 valence electrons. The van der Waals surface area contributed by atoms with Gasteiger partial charge in [0.15, 0.2) is 0 Å². The SMILES string of the molecule is CN(C)CCOc1ccccc1C(=O)NCC(C)(C)N.Cl.Cl. The Bertz CT molecular complexity index is 449. The summed E-state index contributed by atoms with van der Waals surface area (Å²) in [5.41, 5.74) is 5.97. The quantitative estimate of drug-likeness (QED) is 0.787. The molecule has 1 aromatic carbocycles. The van der Waals surface area contributed by atoms with Gasteiger partial charge in [-0.1, -0.05) is 12.1 Å². The minimum atomic E-state index is -0.434. The first-order valence-corrected chi connectivity index (χ1v) is 6.73. The van der Waals surface area contributed by atoms with Crippen LogP contribution in [0, 0.1) is 0 Å². The van der Waals surface area contributed by atoms with E-state index in [0.29, 0.717) is 24.5 Å². The van der Waals surface area contributed by atoms with Gasteiger partial charge < -0.3 is 20.7 Å². The van der Waals surface area contributed by atoms with Gasteiger partial charge in [0.1, 0.15) is 12.4 Å². The van der Waals surface area contributed by atoms with Crippen LogP contribution in [0.5, 0.6) is 5.75 Å². The standard InChI is InChI=1S/C15H25N3O2.2ClH/c1-15(2,16)11-17-14(19)12-7-5-6-8-13(12)20-10-9-18(3)4;;/h5-8H,9-11,16H2,1-4H3,(H,17,19);2*1H. The summed E-state index contributed by atoms with van der Waals surface area (Å²) in [6, 6.07) is 7.23. The topological polar surface area (TPSA) is 67.6 Å². The first-order valence-electron chi connectivity index (χ1n) is 6.73. The summed E-state index contributed by atoms with van der Waals surface area (Å²) in [5.74, 6) is 0.436. The Labute approximate surface area is 145 Å². The lowest BCUT2D eigenvalue weighted by Gasteiger charge is -2.19. The van der Waals surface area contributed by atoms with Gasteiger partial charge in [-0.3, -0.25) is 4.79 Å². The molecule has 0 aliphatic rings. The number of hydrogen-bond donors (Lipinski definition) is 2. The third-order valence-corrected chi connectivity index (χ3v) is 2.63. The number of amides is 1. The van der Waals surface area contributed by atoms with Crippen molar-refractivity contribution < 1.29 is 9.53 Å². The Hall–Kier alpha value is -1.01. The van der Waals surface area contributed by atoms with Crippen LogP contribution < -0.4 is 15.8 Å². The van der Waals surface area contributed by atoms with E-state index in [2.05, 4.69) is 5.32 Å². The van der Waals surface area contributed by atoms with Crippen LogP contribution in [0.2, 0.25) is 0 Å². The normalized spacial score (nSPS) is 10.5. The van der Waals surface area contributed by atoms with E-state index in [4.69, 9.17) is 10.5 Å². The molecule has 22 heavy (non-hydrogen) atoms. The van der Waals surface area contributed by atoms with Gasteiger partial charge >= 0.3 is 0 Å². The van der Waals surface area contributed by atoms with E-state index >= 15 is 0 Å². The third-order valence-electron chi connectivity index (χ3n) is 2.63. The second-order valence-corrected chi connectivity index (χ2v) is 5.82. The number of nitrogens with zero attached hydrogens (tertiary/aromatic N) is 1. The number of ether oxygens (including phenoxy) is 1. The van der Waals surface area contributed by atoms with Crippen LogP contribution in [0.15, 0.2) is 24.3 Å². The molecule has 5 nitrogen and oxygen atoms in total. The molecule has 0 atom stereocenters. The van der Waals surface area contributed by atoms with Crippen molar-refractivity contribution in [3.05, 3.63) is 29.8 Å². The Morgan fingerprint density at radius 1 is 1.27 bits per heavy atom. The first-order chi connectivity index (χ1) is 9.29. The maximum Gasteiger partial charge on any atom is 0.255 e. The van der Waals surface area contributed by atoms with Gasteiger partial charge in [-0.15, -0.1) is 24.8 Å². The third kappa shape index (κ3) is 9.10. The molecule has 1 amide bonds. The zero-order chi connectivity index (χ0) is 15.2. The zero-order valence-electron chi connectivity index (χ0n) is 13.6. The van der Waals surface area contributed by atoms with E-state index in [1.165, 1.54) is 0 Å². The van der Waals surface area contributed by atoms with E-state index in [9.17, 15) is 4.79 Å². The lowest BCUT2D eigenvalue weighted by molar-refractivity contribution is 0.0941. The minimum Gasteiger partial charge on any atom is -0.491 e. The summed E-state index contributed by atoms with van der Waals surface area (Å²) < 4.78 is 5.67. The molecular formula is C15H27Cl2N3O2. The zero-order valence-corrected chi connectivity index (χ0v) is 15.2. The number of likely N-dealkylation sites (N-methyl/N-ethyl adjacent to an activating group) is 1. The van der Waals surface area contributed by atoms with E-state index in [0.717, 1.165) is 6.54 Å². The van der Waals surface area contributed by atoms with Gasteiger partial charge in [0.2, 0.25) is 0 Å². The summed E-state index contributed by atoms with van der Waals surface area (Å²) in [7, 11) is 3.95. The molecule has 3 N–H and O–H groups in total. The second kappa shape index (κ2) is 10.7. The van der Waals surface area contributed by atoms with E-state index < -0.39 is 5.54 Å². The van der Waals surface area contributed by atoms with Crippen molar-refractivity contribution >= 4 is 30.7 Å². The van der Waals surface area contributed by atoms with Crippen molar-refractivity contribution in [3.63, 3.8) is 0 Å². The molecule has 0 saturated carbocycles. The fraction of sp³-hybridized carbons (Fsp3) is 0.533. The van der Waals surface area contributed by atoms with E-state index in [-0.39, 0.29) is 30.7 Å². The van der Waals surface area contributed by atoms with E-state index in [1.807, 2.05) is 45.0 Å². The van der Waals surface area contributed by atoms with Crippen LogP contribution in [0.3, 0.4) is 0 Å². The van der Waals surface area contributed by atoms with Gasteiger partial charge in [-0.05, 0) is 40.1 Å². The number of halogens is 2. The Kier molecular flexibility index (Phi) is 11.3. The number of carbonyl (C=O) groups excluding carboxylic acids is 1. The molecular weight excluding hydrogens is 325 g/mol. The Morgan fingerprint density at radius 2 is 1.86 bits per heavy atom. The largest absolute Gasteiger partial charge is 0.491 e. The van der Waals surface area contributed by atoms with Crippen LogP contribution in [-0.4, -0.2) is 50.1 Å². The van der Waals surface area contributed by atoms with Gasteiger partial charge in [0, 0.05) is 18.6 Å². The van der Waals surface area contributed by atoms with Crippen molar-refractivity contribution in [2.45, 2.75) is 19.4 Å². The molecule has 0 radical (unpaired) electrons. The van der Waals surface area contributed by atoms with Gasteiger partial charge in [0.25, 0.3) is 5.91 Å². The highest BCUT2D eigenvalue weighted by Gasteiger charge is 2.16. The number of para-hydroxylation sites is 1. The first kappa shape index (κ1) is 23.3. The molecule has 0 bridgehead atoms. The predicted octanol–water partition coefficient (Wildman–Crippen LogP) is 1.94. The Morgan fingerprint density at radius 3 is 2.41 bits per heavy atom. The highest BCUT2D eigenvalue weighted by atomic mass is 35.5. The molecule has 1 aromatic rings. The molecule has 0 heterocycles. The molecule has 0 aliphatic heterocycles. The highest BCUT2D eigenvalue weighted by molar-refractivity contribution is 5.96. The molecule has 0 aliphatic carbocycles. The average Bonchev–Trinajstić information content (AvgIpc) is 2.35. The van der Waals surface area contributed by atoms with E-state index in [1.54, 1.807) is 12.1 Å². The second-order valence-electron chi connectivity index (χ2n) is 5.82. The van der Waals surface area contributed by atoms with Gasteiger partial charge in [0.05, 0.1) is 5.56 Å². The van der Waals surface area contributed by atoms with Crippen molar-refractivity contribution in [1.29, 1.82) is 0 Å². The van der Waals surface area contributed by atoms with Crippen LogP contribution in [-0.2, 0) is 0 Å². The number of carbonyl (C=O) groups is 1. The number of benzene rings is 1. The minimum absolute atomic E-state index is 0. The number of nitrogens with two attached hydrogens (primary N) is 1. The van der Waals surface area contributed by atoms with Crippen molar-refractivity contribution in [1.82, 2.24) is 10.2 Å². The fourth-order valence-electron chi connectivity index (χ4n) is 1.52. The number of hydrogen-bond acceptors (Lipinski definition) is 4. The van der Waals surface area contributed by atoms with Crippen LogP contribution in [0.1, 0.15) is 24.2 Å².